The van der Waals surface area contributed by atoms with E-state index in [9.17, 15) is 22.8 Å². The van der Waals surface area contributed by atoms with Crippen molar-refractivity contribution in [2.24, 2.45) is 7.05 Å². The topological polar surface area (TPSA) is 66.1 Å². The monoisotopic (exact) mass is 315 g/mol. The molecule has 0 bridgehead atoms. The molecule has 2 rings (SSSR count). The molecule has 118 valence electrons. The minimum Gasteiger partial charge on any atom is -0.491 e. The summed E-state index contributed by atoms with van der Waals surface area (Å²) in [5, 5.41) is 3.83. The molecule has 0 aliphatic carbocycles. The van der Waals surface area contributed by atoms with Crippen molar-refractivity contribution in [3.8, 4) is 11.6 Å². The van der Waals surface area contributed by atoms with E-state index in [0.29, 0.717) is 16.2 Å². The van der Waals surface area contributed by atoms with Gasteiger partial charge in [0.15, 0.2) is 5.75 Å². The highest BCUT2D eigenvalue weighted by atomic mass is 19.4. The van der Waals surface area contributed by atoms with Gasteiger partial charge in [0.25, 0.3) is 5.56 Å². The Morgan fingerprint density at radius 2 is 1.82 bits per heavy atom. The van der Waals surface area contributed by atoms with E-state index < -0.39 is 22.9 Å². The van der Waals surface area contributed by atoms with Crippen molar-refractivity contribution < 1.29 is 17.9 Å². The van der Waals surface area contributed by atoms with Gasteiger partial charge in [-0.15, -0.1) is 0 Å². The smallest absolute Gasteiger partial charge is 0.421 e. The first-order valence-electron chi connectivity index (χ1n) is 6.09. The lowest BCUT2D eigenvalue weighted by atomic mass is 10.2. The summed E-state index contributed by atoms with van der Waals surface area (Å²) in [4.78, 5) is 24.0. The van der Waals surface area contributed by atoms with Crippen molar-refractivity contribution in [3.05, 3.63) is 50.2 Å². The fourth-order valence-corrected chi connectivity index (χ4v) is 1.99. The molecule has 2 aromatic heterocycles. The zero-order valence-electron chi connectivity index (χ0n) is 11.9. The van der Waals surface area contributed by atoms with Gasteiger partial charge in [-0.1, -0.05) is 0 Å². The average molecular weight is 315 g/mol. The number of ether oxygens (including phenoxy) is 1. The number of aryl methyl sites for hydroxylation is 1. The Morgan fingerprint density at radius 3 is 2.36 bits per heavy atom. The number of methoxy groups -OCH3 is 1. The van der Waals surface area contributed by atoms with E-state index in [4.69, 9.17) is 4.74 Å². The molecule has 0 radical (unpaired) electrons. The maximum atomic E-state index is 12.7. The lowest BCUT2D eigenvalue weighted by molar-refractivity contribution is -0.138. The van der Waals surface area contributed by atoms with Crippen molar-refractivity contribution >= 4 is 0 Å². The van der Waals surface area contributed by atoms with Gasteiger partial charge in [-0.2, -0.15) is 23.0 Å². The number of aromatic nitrogens is 3. The summed E-state index contributed by atoms with van der Waals surface area (Å²) in [6.45, 7) is 1.60. The summed E-state index contributed by atoms with van der Waals surface area (Å²) in [5.74, 6) is -0.0938. The lowest BCUT2D eigenvalue weighted by Gasteiger charge is -2.14. The molecule has 0 fully saturated rings. The summed E-state index contributed by atoms with van der Waals surface area (Å²) in [6.07, 6.45) is -3.45. The number of pyridine rings is 1. The van der Waals surface area contributed by atoms with Gasteiger partial charge in [0.05, 0.1) is 13.3 Å². The van der Waals surface area contributed by atoms with Gasteiger partial charge < -0.3 is 4.74 Å². The molecular formula is C13H12F3N3O3. The first-order valence-corrected chi connectivity index (χ1v) is 6.09. The van der Waals surface area contributed by atoms with Gasteiger partial charge in [-0.3, -0.25) is 14.2 Å². The van der Waals surface area contributed by atoms with Crippen molar-refractivity contribution in [1.82, 2.24) is 14.3 Å². The Labute approximate surface area is 122 Å². The largest absolute Gasteiger partial charge is 0.491 e. The van der Waals surface area contributed by atoms with Crippen LogP contribution in [0.5, 0.6) is 5.75 Å². The third kappa shape index (κ3) is 2.49. The number of halogens is 3. The highest BCUT2D eigenvalue weighted by Crippen LogP contribution is 2.26. The summed E-state index contributed by atoms with van der Waals surface area (Å²) in [5.41, 5.74) is -2.78. The van der Waals surface area contributed by atoms with E-state index in [1.165, 1.54) is 13.3 Å². The Bertz CT molecular complexity index is 837. The third-order valence-corrected chi connectivity index (χ3v) is 3.12. The molecule has 22 heavy (non-hydrogen) atoms. The van der Waals surface area contributed by atoms with Gasteiger partial charge in [-0.05, 0) is 19.1 Å². The van der Waals surface area contributed by atoms with Crippen LogP contribution in [0.3, 0.4) is 0 Å². The summed E-state index contributed by atoms with van der Waals surface area (Å²) >= 11 is 0. The van der Waals surface area contributed by atoms with E-state index in [2.05, 4.69) is 5.10 Å². The first kappa shape index (κ1) is 15.8. The normalized spacial score (nSPS) is 11.5. The van der Waals surface area contributed by atoms with Crippen LogP contribution in [0.1, 0.15) is 11.1 Å². The fraction of sp³-hybridized carbons (Fsp3) is 0.308. The van der Waals surface area contributed by atoms with Crippen LogP contribution in [0.4, 0.5) is 13.2 Å². The average Bonchev–Trinajstić information content (AvgIpc) is 2.42. The second-order valence-electron chi connectivity index (χ2n) is 4.54. The second-order valence-corrected chi connectivity index (χ2v) is 4.54. The number of alkyl halides is 3. The Kier molecular flexibility index (Phi) is 3.82. The van der Waals surface area contributed by atoms with E-state index in [1.54, 1.807) is 6.92 Å². The molecule has 0 aromatic carbocycles. The summed E-state index contributed by atoms with van der Waals surface area (Å²) in [7, 11) is 2.42. The van der Waals surface area contributed by atoms with E-state index >= 15 is 0 Å². The molecule has 2 heterocycles. The number of hydrogen-bond acceptors (Lipinski definition) is 4. The van der Waals surface area contributed by atoms with Crippen molar-refractivity contribution in [3.63, 3.8) is 0 Å². The predicted molar refractivity (Wildman–Crippen MR) is 71.4 cm³/mol. The third-order valence-electron chi connectivity index (χ3n) is 3.12. The Balaban J connectivity index is 2.74. The number of nitrogens with zero attached hydrogens (tertiary/aromatic N) is 3. The molecule has 0 aliphatic rings. The van der Waals surface area contributed by atoms with Gasteiger partial charge in [0.1, 0.15) is 11.4 Å². The van der Waals surface area contributed by atoms with Crippen molar-refractivity contribution in [2.75, 3.05) is 7.11 Å². The number of hydrogen-bond donors (Lipinski definition) is 0. The minimum absolute atomic E-state index is 0.00217. The Hall–Kier alpha value is -2.58. The van der Waals surface area contributed by atoms with E-state index in [0.717, 1.165) is 17.8 Å². The summed E-state index contributed by atoms with van der Waals surface area (Å²) < 4.78 is 44.6. The SMILES string of the molecule is COc1c(C)cnn(-c2ccc(C(F)(F)F)c(=O)n2C)c1=O. The summed E-state index contributed by atoms with van der Waals surface area (Å²) in [6, 6.07) is 1.63. The molecule has 0 spiro atoms. The molecule has 0 unspecified atom stereocenters. The zero-order valence-corrected chi connectivity index (χ0v) is 11.9. The number of rotatable bonds is 2. The van der Waals surface area contributed by atoms with Crippen molar-refractivity contribution in [2.45, 2.75) is 13.1 Å². The lowest BCUT2D eigenvalue weighted by Crippen LogP contribution is -2.33. The highest BCUT2D eigenvalue weighted by Gasteiger charge is 2.34. The molecule has 2 aromatic rings. The zero-order chi connectivity index (χ0) is 16.7. The molecular weight excluding hydrogens is 303 g/mol. The first-order chi connectivity index (χ1) is 10.2. The predicted octanol–water partition coefficient (Wildman–Crippen LogP) is 1.27. The molecule has 0 atom stereocenters. The molecule has 0 aliphatic heterocycles. The molecule has 0 saturated heterocycles. The highest BCUT2D eigenvalue weighted by molar-refractivity contribution is 5.33. The van der Waals surface area contributed by atoms with Crippen LogP contribution in [-0.4, -0.2) is 21.5 Å². The molecule has 9 heteroatoms. The molecule has 0 N–H and O–H groups in total. The van der Waals surface area contributed by atoms with Crippen LogP contribution in [0.15, 0.2) is 27.9 Å². The van der Waals surface area contributed by atoms with Gasteiger partial charge in [0, 0.05) is 12.6 Å². The van der Waals surface area contributed by atoms with Crippen LogP contribution in [-0.2, 0) is 13.2 Å². The van der Waals surface area contributed by atoms with Gasteiger partial charge in [-0.25, -0.2) is 0 Å². The molecule has 0 amide bonds. The maximum Gasteiger partial charge on any atom is 0.421 e. The van der Waals surface area contributed by atoms with Gasteiger partial charge in [0.2, 0.25) is 0 Å². The van der Waals surface area contributed by atoms with Crippen LogP contribution in [0, 0.1) is 6.92 Å². The van der Waals surface area contributed by atoms with Crippen molar-refractivity contribution in [1.29, 1.82) is 0 Å². The molecule has 6 nitrogen and oxygen atoms in total. The quantitative estimate of drug-likeness (QED) is 0.837. The van der Waals surface area contributed by atoms with E-state index in [-0.39, 0.29) is 11.6 Å². The van der Waals surface area contributed by atoms with Crippen LogP contribution >= 0.6 is 0 Å². The Morgan fingerprint density at radius 1 is 1.18 bits per heavy atom. The maximum absolute atomic E-state index is 12.7. The van der Waals surface area contributed by atoms with Crippen LogP contribution in [0.25, 0.3) is 5.82 Å². The van der Waals surface area contributed by atoms with E-state index in [1.807, 2.05) is 0 Å². The second kappa shape index (κ2) is 5.32. The standard InChI is InChI=1S/C13H12F3N3O3/c1-7-6-17-19(12(21)10(7)22-3)9-5-4-8(13(14,15)16)11(20)18(9)2/h4-6H,1-3H3. The fourth-order valence-electron chi connectivity index (χ4n) is 1.99. The molecule has 0 saturated carbocycles. The van der Waals surface area contributed by atoms with Crippen LogP contribution < -0.4 is 15.9 Å². The van der Waals surface area contributed by atoms with Gasteiger partial charge >= 0.3 is 11.7 Å². The minimum atomic E-state index is -4.77. The van der Waals surface area contributed by atoms with Crippen LogP contribution in [0.2, 0.25) is 0 Å².